The zero-order valence-electron chi connectivity index (χ0n) is 42.8. The summed E-state index contributed by atoms with van der Waals surface area (Å²) in [4.78, 5) is 20.4. The molecule has 1 atom stereocenters. The van der Waals surface area contributed by atoms with Crippen LogP contribution in [0.25, 0.3) is 133 Å². The van der Waals surface area contributed by atoms with E-state index in [1.54, 1.807) is 0 Å². The molecule has 0 bridgehead atoms. The Morgan fingerprint density at radius 3 is 1.62 bits per heavy atom. The number of hydrogen-bond donors (Lipinski definition) is 0. The molecule has 0 saturated carbocycles. The fourth-order valence-electron chi connectivity index (χ4n) is 12.9. The van der Waals surface area contributed by atoms with E-state index in [-0.39, 0.29) is 5.92 Å². The van der Waals surface area contributed by atoms with Crippen molar-refractivity contribution in [2.45, 2.75) is 5.92 Å². The lowest BCUT2D eigenvalue weighted by molar-refractivity contribution is 1.01. The summed E-state index contributed by atoms with van der Waals surface area (Å²) in [6, 6.07) is 88.9. The molecule has 0 fully saturated rings. The highest BCUT2D eigenvalue weighted by Gasteiger charge is 2.36. The van der Waals surface area contributed by atoms with Crippen LogP contribution in [0.4, 0.5) is 5.69 Å². The van der Waals surface area contributed by atoms with Crippen LogP contribution in [-0.4, -0.2) is 28.7 Å². The fraction of sp³-hybridized carbons (Fsp3) is 0.0139. The van der Waals surface area contributed by atoms with Crippen molar-refractivity contribution < 1.29 is 0 Å². The van der Waals surface area contributed by atoms with Crippen LogP contribution in [0, 0.1) is 17.9 Å². The summed E-state index contributed by atoms with van der Waals surface area (Å²) in [6.07, 6.45) is 0. The minimum Gasteiger partial charge on any atom is -0.309 e. The van der Waals surface area contributed by atoms with Crippen molar-refractivity contribution in [3.63, 3.8) is 0 Å². The Balaban J connectivity index is 0.982. The second-order valence-electron chi connectivity index (χ2n) is 20.4. The van der Waals surface area contributed by atoms with Gasteiger partial charge in [-0.2, -0.15) is 5.26 Å². The first-order valence-electron chi connectivity index (χ1n) is 26.7. The van der Waals surface area contributed by atoms with Gasteiger partial charge in [0.2, 0.25) is 0 Å². The van der Waals surface area contributed by atoms with E-state index >= 15 is 0 Å². The number of rotatable bonds is 7. The predicted molar refractivity (Wildman–Crippen MR) is 323 cm³/mol. The summed E-state index contributed by atoms with van der Waals surface area (Å²) >= 11 is 0. The predicted octanol–water partition coefficient (Wildman–Crippen LogP) is 17.7. The molecule has 370 valence electrons. The van der Waals surface area contributed by atoms with Crippen molar-refractivity contribution >= 4 is 71.1 Å². The highest BCUT2D eigenvalue weighted by atomic mass is 15.1. The molecule has 80 heavy (non-hydrogen) atoms. The molecule has 0 saturated heterocycles. The number of para-hydroxylation sites is 5. The average Bonchev–Trinajstić information content (AvgIpc) is 4.41. The Morgan fingerprint density at radius 1 is 0.400 bits per heavy atom. The van der Waals surface area contributed by atoms with E-state index in [1.807, 2.05) is 66.7 Å². The Hall–Kier alpha value is -11.2. The standard InChI is InChI=1S/C72H42N8/c1-74-46-34-36-57(64(42-46)80-59-30-16-13-26-50(59)54-38-40-63-67(69(54)80)56-29-15-18-32-61(56)79(63)48-23-9-4-10-24-48)71-75-70(45-19-5-2-6-20-45)76-72(77-71)58-41-44(43-73)33-35-53(58)65-51-27-12-11-25-49(51)52-37-39-62-66(68(52)65)55-28-14-17-31-60(55)78(62)47-21-7-3-8-22-47/h2-42,65H. The molecule has 1 aliphatic carbocycles. The maximum absolute atomic E-state index is 10.8. The summed E-state index contributed by atoms with van der Waals surface area (Å²) in [7, 11) is 0. The highest BCUT2D eigenvalue weighted by Crippen LogP contribution is 2.54. The van der Waals surface area contributed by atoms with Gasteiger partial charge in [0, 0.05) is 72.0 Å². The van der Waals surface area contributed by atoms with E-state index in [0.717, 1.165) is 99.3 Å². The van der Waals surface area contributed by atoms with Gasteiger partial charge in [0.15, 0.2) is 23.2 Å². The number of nitrogens with zero attached hydrogens (tertiary/aromatic N) is 8. The first-order chi connectivity index (χ1) is 39.6. The van der Waals surface area contributed by atoms with E-state index in [0.29, 0.717) is 28.7 Å². The molecule has 1 aliphatic rings. The van der Waals surface area contributed by atoms with E-state index in [2.05, 4.69) is 207 Å². The van der Waals surface area contributed by atoms with Gasteiger partial charge in [-0.15, -0.1) is 0 Å². The minimum atomic E-state index is -0.269. The lowest BCUT2D eigenvalue weighted by Gasteiger charge is -2.20. The molecule has 8 nitrogen and oxygen atoms in total. The Kier molecular flexibility index (Phi) is 9.96. The van der Waals surface area contributed by atoms with Crippen LogP contribution in [0.3, 0.4) is 0 Å². The van der Waals surface area contributed by atoms with E-state index in [9.17, 15) is 5.26 Å². The van der Waals surface area contributed by atoms with Gasteiger partial charge in [-0.05, 0) is 101 Å². The number of benzene rings is 11. The van der Waals surface area contributed by atoms with Gasteiger partial charge in [-0.25, -0.2) is 19.8 Å². The zero-order chi connectivity index (χ0) is 53.0. The Morgan fingerprint density at radius 2 is 0.938 bits per heavy atom. The van der Waals surface area contributed by atoms with Gasteiger partial charge in [0.25, 0.3) is 0 Å². The Bertz CT molecular complexity index is 5150. The van der Waals surface area contributed by atoms with Gasteiger partial charge in [0.05, 0.1) is 51.3 Å². The number of nitriles is 1. The summed E-state index contributed by atoms with van der Waals surface area (Å²) in [5.74, 6) is 1.07. The topological polar surface area (TPSA) is 81.6 Å². The first-order valence-corrected chi connectivity index (χ1v) is 26.7. The monoisotopic (exact) mass is 1020 g/mol. The smallest absolute Gasteiger partial charge is 0.189 e. The molecule has 11 aromatic carbocycles. The van der Waals surface area contributed by atoms with Crippen molar-refractivity contribution in [2.24, 2.45) is 0 Å². The molecule has 4 aromatic heterocycles. The summed E-state index contributed by atoms with van der Waals surface area (Å²) in [5, 5.41) is 17.5. The van der Waals surface area contributed by atoms with Crippen LogP contribution in [0.2, 0.25) is 0 Å². The van der Waals surface area contributed by atoms with Gasteiger partial charge < -0.3 is 13.7 Å². The number of hydrogen-bond acceptors (Lipinski definition) is 4. The molecular weight excluding hydrogens is 977 g/mol. The molecule has 4 heterocycles. The lowest BCUT2D eigenvalue weighted by atomic mass is 9.83. The largest absolute Gasteiger partial charge is 0.309 e. The summed E-state index contributed by atoms with van der Waals surface area (Å²) in [6.45, 7) is 8.43. The average molecular weight is 1020 g/mol. The molecule has 15 aromatic rings. The van der Waals surface area contributed by atoms with Crippen LogP contribution >= 0.6 is 0 Å². The van der Waals surface area contributed by atoms with Gasteiger partial charge in [0.1, 0.15) is 0 Å². The van der Waals surface area contributed by atoms with Gasteiger partial charge >= 0.3 is 0 Å². The van der Waals surface area contributed by atoms with Crippen LogP contribution in [-0.2, 0) is 0 Å². The number of fused-ring (bicyclic) bond motifs is 14. The molecule has 0 spiro atoms. The van der Waals surface area contributed by atoms with Crippen molar-refractivity contribution in [1.29, 1.82) is 5.26 Å². The molecular formula is C72H42N8. The van der Waals surface area contributed by atoms with Crippen LogP contribution in [0.1, 0.15) is 28.2 Å². The summed E-state index contributed by atoms with van der Waals surface area (Å²) < 4.78 is 7.03. The quantitative estimate of drug-likeness (QED) is 0.149. The van der Waals surface area contributed by atoms with Gasteiger partial charge in [-0.3, -0.25) is 0 Å². The van der Waals surface area contributed by atoms with Crippen LogP contribution in [0.5, 0.6) is 0 Å². The highest BCUT2D eigenvalue weighted by molar-refractivity contribution is 6.26. The third-order valence-electron chi connectivity index (χ3n) is 16.2. The van der Waals surface area contributed by atoms with Crippen molar-refractivity contribution in [1.82, 2.24) is 28.7 Å². The number of aromatic nitrogens is 6. The summed E-state index contributed by atoms with van der Waals surface area (Å²) in [5.41, 5.74) is 18.2. The molecule has 8 heteroatoms. The second-order valence-corrected chi connectivity index (χ2v) is 20.4. The fourth-order valence-corrected chi connectivity index (χ4v) is 12.9. The van der Waals surface area contributed by atoms with Crippen LogP contribution in [0.15, 0.2) is 249 Å². The van der Waals surface area contributed by atoms with E-state index < -0.39 is 0 Å². The zero-order valence-corrected chi connectivity index (χ0v) is 42.8. The van der Waals surface area contributed by atoms with Crippen molar-refractivity contribution in [2.75, 3.05) is 0 Å². The SMILES string of the molecule is [C-]#[N+]c1ccc(-c2nc(-c3ccccc3)nc(-c3cc(C#N)ccc3C3c4ccccc4-c4ccc5c(c43)c3ccccc3n5-c3ccccc3)n2)c(-n2c3ccccc3c3ccc4c(c5ccccc5n4-c4ccccc4)c32)c1. The molecule has 0 N–H and O–H groups in total. The lowest BCUT2D eigenvalue weighted by Crippen LogP contribution is -2.07. The third kappa shape index (κ3) is 6.64. The molecule has 0 amide bonds. The van der Waals surface area contributed by atoms with E-state index in [1.165, 1.54) is 27.6 Å². The normalized spacial score (nSPS) is 12.8. The maximum Gasteiger partial charge on any atom is 0.189 e. The molecule has 1 unspecified atom stereocenters. The van der Waals surface area contributed by atoms with Crippen molar-refractivity contribution in [3.05, 3.63) is 282 Å². The maximum atomic E-state index is 10.8. The van der Waals surface area contributed by atoms with E-state index in [4.69, 9.17) is 21.5 Å². The van der Waals surface area contributed by atoms with Crippen molar-refractivity contribution in [3.8, 4) is 68.4 Å². The minimum absolute atomic E-state index is 0.269. The molecule has 16 rings (SSSR count). The third-order valence-corrected chi connectivity index (χ3v) is 16.2. The second kappa shape index (κ2) is 17.7. The van der Waals surface area contributed by atoms with Crippen LogP contribution < -0.4 is 0 Å². The first kappa shape index (κ1) is 45.0. The molecule has 0 aliphatic heterocycles. The van der Waals surface area contributed by atoms with Gasteiger partial charge in [-0.1, -0.05) is 176 Å². The molecule has 0 radical (unpaired) electrons. The Labute approximate surface area is 459 Å².